The molecule has 9 heteroatoms. The normalized spacial score (nSPS) is 15.6. The number of amides is 1. The van der Waals surface area contributed by atoms with Crippen molar-refractivity contribution in [2.75, 3.05) is 19.8 Å². The number of phosphoric ester groups is 1. The van der Waals surface area contributed by atoms with Gasteiger partial charge in [-0.05, 0) is 57.8 Å². The van der Waals surface area contributed by atoms with Gasteiger partial charge in [-0.2, -0.15) is 0 Å². The number of aliphatic hydroxyl groups excluding tert-OH is 1. The van der Waals surface area contributed by atoms with Crippen LogP contribution in [0.5, 0.6) is 0 Å². The SMILES string of the molecule is CC/C=C\C/C=C\C/C=C\C/C=C\CCC(=O)NC(COP(=O)(O)OCCN)C(O)/C=C/CC/C=C/CCCCCCC. The Morgan fingerprint density at radius 3 is 2.02 bits per heavy atom. The number of phosphoric acid groups is 1. The first-order valence-electron chi connectivity index (χ1n) is 16.1. The second-order valence-corrected chi connectivity index (χ2v) is 11.7. The number of unbranched alkanes of at least 4 members (excludes halogenated alkanes) is 6. The number of aliphatic hydroxyl groups is 1. The molecular formula is C34H59N2O6P. The van der Waals surface area contributed by atoms with Gasteiger partial charge in [-0.3, -0.25) is 13.8 Å². The molecule has 0 radical (unpaired) electrons. The number of hydrogen-bond donors (Lipinski definition) is 4. The maximum atomic E-state index is 12.6. The van der Waals surface area contributed by atoms with E-state index < -0.39 is 26.6 Å². The van der Waals surface area contributed by atoms with Gasteiger partial charge in [0.2, 0.25) is 5.91 Å². The molecule has 0 fully saturated rings. The van der Waals surface area contributed by atoms with Crippen LogP contribution in [0.1, 0.15) is 104 Å². The zero-order chi connectivity index (χ0) is 31.9. The molecule has 8 nitrogen and oxygen atoms in total. The molecule has 0 aromatic heterocycles. The summed E-state index contributed by atoms with van der Waals surface area (Å²) in [5.41, 5.74) is 5.32. The van der Waals surface area contributed by atoms with Crippen molar-refractivity contribution in [2.45, 2.75) is 116 Å². The topological polar surface area (TPSA) is 131 Å². The number of nitrogens with one attached hydrogen (secondary N) is 1. The van der Waals surface area contributed by atoms with Crippen LogP contribution in [0, 0.1) is 0 Å². The molecular weight excluding hydrogens is 563 g/mol. The maximum Gasteiger partial charge on any atom is 0.472 e. The van der Waals surface area contributed by atoms with Gasteiger partial charge in [0, 0.05) is 13.0 Å². The highest BCUT2D eigenvalue weighted by atomic mass is 31.2. The number of carbonyl (C=O) groups is 1. The van der Waals surface area contributed by atoms with Crippen LogP contribution in [0.4, 0.5) is 0 Å². The standard InChI is InChI=1S/C34H59N2O6P/c1-3-5-7-9-11-13-15-16-18-20-22-24-26-28-34(38)36-32(31-42-43(39,40)41-30-29-35)33(37)27-25-23-21-19-17-14-12-10-8-6-4-2/h5,7,11,13,16-19,22,24-25,27,32-33,37H,3-4,6,8-10,12,14-15,20-21,23,26,28-31,35H2,1-2H3,(H,36,38)(H,39,40)/b7-5-,13-11-,18-16-,19-17+,24-22-,27-25+. The molecule has 0 rings (SSSR count). The van der Waals surface area contributed by atoms with Crippen LogP contribution in [-0.2, 0) is 18.4 Å². The summed E-state index contributed by atoms with van der Waals surface area (Å²) in [6.07, 6.45) is 36.8. The van der Waals surface area contributed by atoms with Gasteiger partial charge in [0.05, 0.1) is 25.4 Å². The third kappa shape index (κ3) is 28.5. The molecule has 0 saturated heterocycles. The number of rotatable bonds is 28. The van der Waals surface area contributed by atoms with Gasteiger partial charge in [-0.25, -0.2) is 4.57 Å². The Morgan fingerprint density at radius 2 is 1.37 bits per heavy atom. The molecule has 0 aromatic rings. The third-order valence-electron chi connectivity index (χ3n) is 6.28. The Labute approximate surface area is 261 Å². The minimum atomic E-state index is -4.35. The summed E-state index contributed by atoms with van der Waals surface area (Å²) in [5, 5.41) is 13.4. The van der Waals surface area contributed by atoms with Crippen molar-refractivity contribution < 1.29 is 28.4 Å². The molecule has 5 N–H and O–H groups in total. The zero-order valence-corrected chi connectivity index (χ0v) is 27.6. The lowest BCUT2D eigenvalue weighted by atomic mass is 10.1. The molecule has 3 unspecified atom stereocenters. The van der Waals surface area contributed by atoms with E-state index in [1.807, 2.05) is 18.2 Å². The molecule has 0 heterocycles. The second kappa shape index (κ2) is 30.0. The fourth-order valence-corrected chi connectivity index (χ4v) is 4.62. The molecule has 246 valence electrons. The van der Waals surface area contributed by atoms with E-state index in [9.17, 15) is 19.4 Å². The number of allylic oxidation sites excluding steroid dienone is 11. The Balaban J connectivity index is 4.64. The predicted molar refractivity (Wildman–Crippen MR) is 180 cm³/mol. The lowest BCUT2D eigenvalue weighted by Crippen LogP contribution is -2.45. The monoisotopic (exact) mass is 622 g/mol. The van der Waals surface area contributed by atoms with Gasteiger partial charge in [0.1, 0.15) is 0 Å². The fraction of sp³-hybridized carbons (Fsp3) is 0.618. The molecule has 3 atom stereocenters. The van der Waals surface area contributed by atoms with Crippen molar-refractivity contribution in [1.29, 1.82) is 0 Å². The summed E-state index contributed by atoms with van der Waals surface area (Å²) in [7, 11) is -4.35. The smallest absolute Gasteiger partial charge is 0.387 e. The molecule has 43 heavy (non-hydrogen) atoms. The van der Waals surface area contributed by atoms with Crippen LogP contribution in [-0.4, -0.2) is 47.8 Å². The highest BCUT2D eigenvalue weighted by molar-refractivity contribution is 7.47. The molecule has 0 aromatic carbocycles. The van der Waals surface area contributed by atoms with Crippen LogP contribution in [0.2, 0.25) is 0 Å². The molecule has 0 bridgehead atoms. The Hall–Kier alpha value is -2.06. The Bertz CT molecular complexity index is 897. The van der Waals surface area contributed by atoms with Crippen molar-refractivity contribution in [1.82, 2.24) is 5.32 Å². The number of carbonyl (C=O) groups excluding carboxylic acids is 1. The van der Waals surface area contributed by atoms with Crippen LogP contribution in [0.15, 0.2) is 72.9 Å². The predicted octanol–water partition coefficient (Wildman–Crippen LogP) is 7.76. The summed E-state index contributed by atoms with van der Waals surface area (Å²) < 4.78 is 21.9. The molecule has 0 aliphatic heterocycles. The highest BCUT2D eigenvalue weighted by Crippen LogP contribution is 2.43. The van der Waals surface area contributed by atoms with Gasteiger partial charge in [-0.1, -0.05) is 112 Å². The number of hydrogen-bond acceptors (Lipinski definition) is 6. The molecule has 0 aliphatic rings. The van der Waals surface area contributed by atoms with E-state index in [4.69, 9.17) is 14.8 Å². The minimum Gasteiger partial charge on any atom is -0.387 e. The van der Waals surface area contributed by atoms with E-state index in [-0.39, 0.29) is 25.5 Å². The van der Waals surface area contributed by atoms with Crippen molar-refractivity contribution in [3.05, 3.63) is 72.9 Å². The third-order valence-corrected chi connectivity index (χ3v) is 7.26. The van der Waals surface area contributed by atoms with Crippen LogP contribution >= 0.6 is 7.82 Å². The summed E-state index contributed by atoms with van der Waals surface area (Å²) >= 11 is 0. The first-order chi connectivity index (χ1) is 20.9. The van der Waals surface area contributed by atoms with E-state index in [0.29, 0.717) is 6.42 Å². The molecule has 0 aliphatic carbocycles. The van der Waals surface area contributed by atoms with E-state index in [2.05, 4.69) is 67.8 Å². The number of nitrogens with two attached hydrogens (primary N) is 1. The van der Waals surface area contributed by atoms with Gasteiger partial charge in [0.15, 0.2) is 0 Å². The quantitative estimate of drug-likeness (QED) is 0.0398. The van der Waals surface area contributed by atoms with Crippen molar-refractivity contribution >= 4 is 13.7 Å². The lowest BCUT2D eigenvalue weighted by Gasteiger charge is -2.23. The van der Waals surface area contributed by atoms with Gasteiger partial charge < -0.3 is 21.1 Å². The average Bonchev–Trinajstić information content (AvgIpc) is 2.99. The minimum absolute atomic E-state index is 0.0596. The second-order valence-electron chi connectivity index (χ2n) is 10.3. The van der Waals surface area contributed by atoms with Crippen LogP contribution in [0.25, 0.3) is 0 Å². The lowest BCUT2D eigenvalue weighted by molar-refractivity contribution is -0.122. The molecule has 1 amide bonds. The average molecular weight is 623 g/mol. The van der Waals surface area contributed by atoms with Gasteiger partial charge in [-0.15, -0.1) is 0 Å². The Morgan fingerprint density at radius 1 is 0.791 bits per heavy atom. The van der Waals surface area contributed by atoms with E-state index in [1.54, 1.807) is 6.08 Å². The first-order valence-corrected chi connectivity index (χ1v) is 17.6. The van der Waals surface area contributed by atoms with E-state index in [1.165, 1.54) is 32.1 Å². The fourth-order valence-electron chi connectivity index (χ4n) is 3.86. The van der Waals surface area contributed by atoms with Crippen molar-refractivity contribution in [3.63, 3.8) is 0 Å². The largest absolute Gasteiger partial charge is 0.472 e. The van der Waals surface area contributed by atoms with Crippen LogP contribution in [0.3, 0.4) is 0 Å². The first kappa shape index (κ1) is 40.9. The summed E-state index contributed by atoms with van der Waals surface area (Å²) in [6.45, 7) is 3.86. The zero-order valence-electron chi connectivity index (χ0n) is 26.7. The van der Waals surface area contributed by atoms with E-state index >= 15 is 0 Å². The van der Waals surface area contributed by atoms with Crippen LogP contribution < -0.4 is 11.1 Å². The summed E-state index contributed by atoms with van der Waals surface area (Å²) in [6, 6.07) is -0.915. The summed E-state index contributed by atoms with van der Waals surface area (Å²) in [4.78, 5) is 22.4. The highest BCUT2D eigenvalue weighted by Gasteiger charge is 2.26. The van der Waals surface area contributed by atoms with E-state index in [0.717, 1.165) is 44.9 Å². The van der Waals surface area contributed by atoms with Gasteiger partial charge in [0.25, 0.3) is 0 Å². The Kier molecular flexibility index (Phi) is 28.6. The molecule has 0 spiro atoms. The summed E-state index contributed by atoms with van der Waals surface area (Å²) in [5.74, 6) is -0.291. The van der Waals surface area contributed by atoms with Crippen molar-refractivity contribution in [3.8, 4) is 0 Å². The maximum absolute atomic E-state index is 12.6. The molecule has 0 saturated carbocycles. The van der Waals surface area contributed by atoms with Gasteiger partial charge >= 0.3 is 7.82 Å². The van der Waals surface area contributed by atoms with Crippen molar-refractivity contribution in [2.24, 2.45) is 5.73 Å².